The third-order valence-electron chi connectivity index (χ3n) is 2.48. The molecule has 0 aromatic rings. The summed E-state index contributed by atoms with van der Waals surface area (Å²) >= 11 is 0. The molecule has 0 heterocycles. The molecule has 23 heavy (non-hydrogen) atoms. The number of carbonyl (C=O) groups excluding carboxylic acids is 2. The first-order valence-electron chi connectivity index (χ1n) is 7.87. The molecule has 0 radical (unpaired) electrons. The van der Waals surface area contributed by atoms with Crippen LogP contribution in [0.3, 0.4) is 0 Å². The minimum Gasteiger partial charge on any atom is -0.433 e. The third kappa shape index (κ3) is 13.9. The Labute approximate surface area is 139 Å². The van der Waals surface area contributed by atoms with Crippen molar-refractivity contribution in [1.29, 1.82) is 0 Å². The number of nitrogens with zero attached hydrogens (tertiary/aromatic N) is 1. The minimum atomic E-state index is -0.682. The lowest BCUT2D eigenvalue weighted by Gasteiger charge is -2.22. The van der Waals surface area contributed by atoms with Gasteiger partial charge in [0.2, 0.25) is 0 Å². The van der Waals surface area contributed by atoms with Gasteiger partial charge in [0.1, 0.15) is 24.4 Å². The second-order valence-electron chi connectivity index (χ2n) is 7.06. The zero-order valence-corrected chi connectivity index (χ0v) is 15.4. The number of ether oxygens (including phenoxy) is 4. The van der Waals surface area contributed by atoms with Crippen molar-refractivity contribution in [2.75, 3.05) is 32.8 Å². The Hall–Kier alpha value is -1.50. The van der Waals surface area contributed by atoms with Gasteiger partial charge in [-0.25, -0.2) is 9.59 Å². The molecular weight excluding hydrogens is 302 g/mol. The van der Waals surface area contributed by atoms with Gasteiger partial charge in [-0.15, -0.1) is 0 Å². The van der Waals surface area contributed by atoms with E-state index in [1.807, 2.05) is 11.8 Å². The van der Waals surface area contributed by atoms with Crippen molar-refractivity contribution in [2.24, 2.45) is 0 Å². The number of carbonyl (C=O) groups is 2. The van der Waals surface area contributed by atoms with Gasteiger partial charge in [-0.05, 0) is 48.1 Å². The van der Waals surface area contributed by atoms with E-state index in [0.29, 0.717) is 13.1 Å². The fraction of sp³-hybridized carbons (Fsp3) is 0.875. The largest absolute Gasteiger partial charge is 0.508 e. The Kier molecular flexibility index (Phi) is 8.97. The monoisotopic (exact) mass is 333 g/mol. The van der Waals surface area contributed by atoms with Gasteiger partial charge in [-0.1, -0.05) is 6.92 Å². The van der Waals surface area contributed by atoms with Crippen LogP contribution in [0.1, 0.15) is 48.5 Å². The van der Waals surface area contributed by atoms with E-state index in [2.05, 4.69) is 0 Å². The van der Waals surface area contributed by atoms with Crippen LogP contribution in [-0.2, 0) is 18.9 Å². The van der Waals surface area contributed by atoms with Gasteiger partial charge in [0.15, 0.2) is 0 Å². The fourth-order valence-electron chi connectivity index (χ4n) is 1.50. The van der Waals surface area contributed by atoms with Crippen LogP contribution in [0.2, 0.25) is 0 Å². The van der Waals surface area contributed by atoms with Crippen LogP contribution in [-0.4, -0.2) is 61.3 Å². The Bertz CT molecular complexity index is 336. The fourth-order valence-corrected chi connectivity index (χ4v) is 1.50. The molecule has 0 N–H and O–H groups in total. The van der Waals surface area contributed by atoms with E-state index in [9.17, 15) is 9.59 Å². The zero-order valence-electron chi connectivity index (χ0n) is 15.4. The highest BCUT2D eigenvalue weighted by molar-refractivity contribution is 5.60. The van der Waals surface area contributed by atoms with E-state index in [1.54, 1.807) is 41.5 Å². The van der Waals surface area contributed by atoms with E-state index in [-0.39, 0.29) is 13.2 Å². The van der Waals surface area contributed by atoms with Crippen LogP contribution in [0.5, 0.6) is 0 Å². The molecule has 0 aromatic carbocycles. The molecule has 0 fully saturated rings. The summed E-state index contributed by atoms with van der Waals surface area (Å²) in [5.41, 5.74) is -1.13. The summed E-state index contributed by atoms with van der Waals surface area (Å²) in [6.45, 7) is 14.9. The van der Waals surface area contributed by atoms with Gasteiger partial charge >= 0.3 is 12.3 Å². The topological polar surface area (TPSA) is 74.3 Å². The smallest absolute Gasteiger partial charge is 0.433 e. The second-order valence-corrected chi connectivity index (χ2v) is 7.06. The second kappa shape index (κ2) is 9.60. The molecule has 0 aliphatic carbocycles. The molecule has 0 aliphatic heterocycles. The maximum atomic E-state index is 11.4. The maximum Gasteiger partial charge on any atom is 0.508 e. The lowest BCUT2D eigenvalue weighted by Crippen LogP contribution is -2.33. The Morgan fingerprint density at radius 2 is 1.13 bits per heavy atom. The molecule has 7 heteroatoms. The molecule has 0 unspecified atom stereocenters. The summed E-state index contributed by atoms with van der Waals surface area (Å²) in [6, 6.07) is 0. The highest BCUT2D eigenvalue weighted by atomic mass is 16.7. The summed E-state index contributed by atoms with van der Waals surface area (Å²) in [6.07, 6.45) is -1.36. The Morgan fingerprint density at radius 1 is 0.783 bits per heavy atom. The average molecular weight is 333 g/mol. The van der Waals surface area contributed by atoms with E-state index in [0.717, 1.165) is 6.54 Å². The molecule has 0 atom stereocenters. The molecule has 0 saturated carbocycles. The van der Waals surface area contributed by atoms with Crippen molar-refractivity contribution >= 4 is 12.3 Å². The molecule has 0 spiro atoms. The molecule has 0 rings (SSSR count). The van der Waals surface area contributed by atoms with Crippen molar-refractivity contribution in [3.63, 3.8) is 0 Å². The van der Waals surface area contributed by atoms with E-state index in [1.165, 1.54) is 0 Å². The number of hydrogen-bond donors (Lipinski definition) is 0. The SMILES string of the molecule is CCN(CCOC(=O)OC(C)(C)C)CCOC(=O)OC(C)(C)C. The summed E-state index contributed by atoms with van der Waals surface area (Å²) in [4.78, 5) is 24.8. The highest BCUT2D eigenvalue weighted by Gasteiger charge is 2.18. The van der Waals surface area contributed by atoms with Crippen molar-refractivity contribution in [2.45, 2.75) is 59.7 Å². The number of rotatable bonds is 7. The van der Waals surface area contributed by atoms with Crippen LogP contribution in [0.4, 0.5) is 9.59 Å². The molecule has 0 amide bonds. The first-order valence-corrected chi connectivity index (χ1v) is 7.87. The average Bonchev–Trinajstić information content (AvgIpc) is 2.32. The predicted molar refractivity (Wildman–Crippen MR) is 86.5 cm³/mol. The lowest BCUT2D eigenvalue weighted by atomic mass is 10.2. The van der Waals surface area contributed by atoms with E-state index >= 15 is 0 Å². The van der Waals surface area contributed by atoms with Crippen molar-refractivity contribution in [1.82, 2.24) is 4.90 Å². The molecule has 0 bridgehead atoms. The number of hydrogen-bond acceptors (Lipinski definition) is 7. The molecule has 136 valence electrons. The van der Waals surface area contributed by atoms with Gasteiger partial charge in [-0.3, -0.25) is 4.90 Å². The minimum absolute atomic E-state index is 0.217. The van der Waals surface area contributed by atoms with Crippen LogP contribution in [0.15, 0.2) is 0 Å². The van der Waals surface area contributed by atoms with Gasteiger partial charge in [0.25, 0.3) is 0 Å². The van der Waals surface area contributed by atoms with Crippen molar-refractivity contribution in [3.05, 3.63) is 0 Å². The summed E-state index contributed by atoms with van der Waals surface area (Å²) < 4.78 is 20.1. The molecule has 7 nitrogen and oxygen atoms in total. The first kappa shape index (κ1) is 21.5. The maximum absolute atomic E-state index is 11.4. The van der Waals surface area contributed by atoms with Crippen molar-refractivity contribution < 1.29 is 28.5 Å². The molecule has 0 aliphatic rings. The Balaban J connectivity index is 3.91. The van der Waals surface area contributed by atoms with Crippen LogP contribution in [0, 0.1) is 0 Å². The lowest BCUT2D eigenvalue weighted by molar-refractivity contribution is -0.0149. The van der Waals surface area contributed by atoms with E-state index < -0.39 is 23.5 Å². The molecule has 0 aromatic heterocycles. The normalized spacial score (nSPS) is 12.0. The molecule has 0 saturated heterocycles. The quantitative estimate of drug-likeness (QED) is 0.662. The summed E-state index contributed by atoms with van der Waals surface area (Å²) in [5, 5.41) is 0. The van der Waals surface area contributed by atoms with E-state index in [4.69, 9.17) is 18.9 Å². The highest BCUT2D eigenvalue weighted by Crippen LogP contribution is 2.09. The Morgan fingerprint density at radius 3 is 1.39 bits per heavy atom. The van der Waals surface area contributed by atoms with Crippen LogP contribution < -0.4 is 0 Å². The zero-order chi connectivity index (χ0) is 18.1. The number of likely N-dealkylation sites (N-methyl/N-ethyl adjacent to an activating group) is 1. The van der Waals surface area contributed by atoms with Gasteiger partial charge in [-0.2, -0.15) is 0 Å². The standard InChI is InChI=1S/C16H31NO6/c1-8-17(9-11-20-13(18)22-15(2,3)4)10-12-21-14(19)23-16(5,6)7/h8-12H2,1-7H3. The van der Waals surface area contributed by atoms with Crippen LogP contribution >= 0.6 is 0 Å². The van der Waals surface area contributed by atoms with Crippen molar-refractivity contribution in [3.8, 4) is 0 Å². The van der Waals surface area contributed by atoms with Crippen LogP contribution in [0.25, 0.3) is 0 Å². The summed E-state index contributed by atoms with van der Waals surface area (Å²) in [7, 11) is 0. The first-order chi connectivity index (χ1) is 10.4. The van der Waals surface area contributed by atoms with Gasteiger partial charge in [0.05, 0.1) is 0 Å². The van der Waals surface area contributed by atoms with Gasteiger partial charge in [0, 0.05) is 13.1 Å². The molecular formula is C16H31NO6. The summed E-state index contributed by atoms with van der Waals surface area (Å²) in [5.74, 6) is 0. The predicted octanol–water partition coefficient (Wildman–Crippen LogP) is 3.21. The third-order valence-corrected chi connectivity index (χ3v) is 2.48. The van der Waals surface area contributed by atoms with Gasteiger partial charge < -0.3 is 18.9 Å².